The van der Waals surface area contributed by atoms with E-state index >= 15 is 0 Å². The normalized spacial score (nSPS) is 22.0. The highest BCUT2D eigenvalue weighted by molar-refractivity contribution is 8.00. The van der Waals surface area contributed by atoms with Gasteiger partial charge in [0, 0.05) is 41.5 Å². The molecule has 10 nitrogen and oxygen atoms in total. The number of aromatic nitrogens is 1. The molecule has 0 radical (unpaired) electrons. The van der Waals surface area contributed by atoms with Gasteiger partial charge >= 0.3 is 6.09 Å². The average molecular weight is 494 g/mol. The Kier molecular flexibility index (Phi) is 5.50. The van der Waals surface area contributed by atoms with Crippen LogP contribution >= 0.6 is 11.8 Å². The highest BCUT2D eigenvalue weighted by Gasteiger charge is 2.34. The van der Waals surface area contributed by atoms with E-state index in [0.717, 1.165) is 33.3 Å². The molecule has 2 aromatic rings. The lowest BCUT2D eigenvalue weighted by atomic mass is 10.1. The van der Waals surface area contributed by atoms with E-state index in [1.165, 1.54) is 11.8 Å². The number of thioether (sulfide) groups is 1. The van der Waals surface area contributed by atoms with Crippen LogP contribution in [0.3, 0.4) is 0 Å². The van der Waals surface area contributed by atoms with Crippen LogP contribution in [-0.4, -0.2) is 61.7 Å². The highest BCUT2D eigenvalue weighted by Crippen LogP contribution is 2.39. The van der Waals surface area contributed by atoms with Gasteiger partial charge in [0.1, 0.15) is 23.7 Å². The Hall–Kier alpha value is -3.70. The number of rotatable bonds is 6. The molecule has 0 bridgehead atoms. The number of allylic oxidation sites excluding steroid dienone is 1. The number of cyclic esters (lactones) is 1. The predicted molar refractivity (Wildman–Crippen MR) is 132 cm³/mol. The van der Waals surface area contributed by atoms with E-state index in [4.69, 9.17) is 14.2 Å². The number of hydrogen-bond donors (Lipinski definition) is 3. The summed E-state index contributed by atoms with van der Waals surface area (Å²) in [5.41, 5.74) is 4.05. The first-order valence-corrected chi connectivity index (χ1v) is 12.2. The van der Waals surface area contributed by atoms with Gasteiger partial charge in [-0.05, 0) is 30.3 Å². The molecular weight excluding hydrogens is 470 g/mol. The number of ether oxygens (including phenoxy) is 3. The third-order valence-corrected chi connectivity index (χ3v) is 7.16. The standard InChI is InChI=1S/C24H23N5O5S/c1-32-22-5-3-17-23(28-22)16-7-14(33-19(16)10-26-17)8-25-9-15-11-29(24(31)34-15)13-2-4-20-18(6-13)27-21(30)12-35-20/h2-7,10,14-15,25-26H,8-9,11-12H2,1H3,(H,27,30)/t14?,15-/m1/s1. The van der Waals surface area contributed by atoms with Crippen molar-refractivity contribution in [3.8, 4) is 5.88 Å². The van der Waals surface area contributed by atoms with Gasteiger partial charge < -0.3 is 30.2 Å². The van der Waals surface area contributed by atoms with Gasteiger partial charge in [0.25, 0.3) is 0 Å². The number of hydrogen-bond acceptors (Lipinski definition) is 9. The molecule has 180 valence electrons. The Bertz CT molecular complexity index is 1280. The summed E-state index contributed by atoms with van der Waals surface area (Å²) in [4.78, 5) is 31.3. The van der Waals surface area contributed by atoms with Gasteiger partial charge in [-0.1, -0.05) is 0 Å². The number of anilines is 3. The molecule has 2 amide bonds. The first kappa shape index (κ1) is 21.8. The number of nitrogens with one attached hydrogen (secondary N) is 3. The molecule has 4 aliphatic rings. The van der Waals surface area contributed by atoms with E-state index in [1.807, 2.05) is 42.6 Å². The van der Waals surface area contributed by atoms with Crippen LogP contribution in [0, 0.1) is 0 Å². The third-order valence-electron chi connectivity index (χ3n) is 6.09. The summed E-state index contributed by atoms with van der Waals surface area (Å²) in [5, 5.41) is 9.41. The molecule has 0 saturated carbocycles. The van der Waals surface area contributed by atoms with E-state index in [1.54, 1.807) is 12.0 Å². The van der Waals surface area contributed by atoms with Crippen LogP contribution in [0.4, 0.5) is 21.9 Å². The molecule has 1 saturated heterocycles. The van der Waals surface area contributed by atoms with Crippen molar-refractivity contribution in [2.75, 3.05) is 48.0 Å². The molecule has 3 N–H and O–H groups in total. The first-order chi connectivity index (χ1) is 17.1. The smallest absolute Gasteiger partial charge is 0.414 e. The topological polar surface area (TPSA) is 114 Å². The minimum Gasteiger partial charge on any atom is -0.483 e. The number of methoxy groups -OCH3 is 1. The molecule has 2 atom stereocenters. The number of pyridine rings is 1. The molecule has 0 aliphatic carbocycles. The van der Waals surface area contributed by atoms with Crippen LogP contribution in [0.1, 0.15) is 5.69 Å². The second kappa shape index (κ2) is 8.82. The molecule has 5 heterocycles. The summed E-state index contributed by atoms with van der Waals surface area (Å²) in [6.07, 6.45) is 3.00. The monoisotopic (exact) mass is 493 g/mol. The lowest BCUT2D eigenvalue weighted by Gasteiger charge is -2.20. The summed E-state index contributed by atoms with van der Waals surface area (Å²) < 4.78 is 16.9. The maximum Gasteiger partial charge on any atom is 0.414 e. The van der Waals surface area contributed by atoms with Crippen LogP contribution in [0.2, 0.25) is 0 Å². The predicted octanol–water partition coefficient (Wildman–Crippen LogP) is 2.80. The molecule has 35 heavy (non-hydrogen) atoms. The molecule has 6 rings (SSSR count). The van der Waals surface area contributed by atoms with Crippen molar-refractivity contribution in [2.24, 2.45) is 0 Å². The largest absolute Gasteiger partial charge is 0.483 e. The Morgan fingerprint density at radius 1 is 1.20 bits per heavy atom. The van der Waals surface area contributed by atoms with Crippen molar-refractivity contribution in [1.82, 2.24) is 10.3 Å². The molecular formula is C24H23N5O5S. The Labute approximate surface area is 205 Å². The lowest BCUT2D eigenvalue weighted by molar-refractivity contribution is -0.113. The highest BCUT2D eigenvalue weighted by atomic mass is 32.2. The second-order valence-electron chi connectivity index (χ2n) is 8.43. The molecule has 1 fully saturated rings. The van der Waals surface area contributed by atoms with Crippen LogP contribution < -0.4 is 25.6 Å². The second-order valence-corrected chi connectivity index (χ2v) is 9.45. The summed E-state index contributed by atoms with van der Waals surface area (Å²) in [7, 11) is 1.59. The van der Waals surface area contributed by atoms with E-state index in [0.29, 0.717) is 37.0 Å². The van der Waals surface area contributed by atoms with E-state index in [-0.39, 0.29) is 18.1 Å². The van der Waals surface area contributed by atoms with Crippen LogP contribution in [0.25, 0.3) is 5.57 Å². The van der Waals surface area contributed by atoms with Crippen molar-refractivity contribution in [3.63, 3.8) is 0 Å². The molecule has 1 unspecified atom stereocenters. The molecule has 4 aliphatic heterocycles. The zero-order valence-corrected chi connectivity index (χ0v) is 19.7. The van der Waals surface area contributed by atoms with Crippen LogP contribution in [-0.2, 0) is 14.3 Å². The average Bonchev–Trinajstić information content (AvgIpc) is 3.46. The van der Waals surface area contributed by atoms with Gasteiger partial charge in [0.15, 0.2) is 0 Å². The number of nitrogens with zero attached hydrogens (tertiary/aromatic N) is 2. The molecule has 0 spiro atoms. The van der Waals surface area contributed by atoms with Gasteiger partial charge in [-0.15, -0.1) is 11.8 Å². The maximum absolute atomic E-state index is 12.5. The summed E-state index contributed by atoms with van der Waals surface area (Å²) in [5.74, 6) is 1.64. The number of carbonyl (C=O) groups is 2. The molecule has 1 aromatic heterocycles. The Morgan fingerprint density at radius 2 is 2.11 bits per heavy atom. The maximum atomic E-state index is 12.5. The zero-order chi connectivity index (χ0) is 23.9. The van der Waals surface area contributed by atoms with E-state index < -0.39 is 6.09 Å². The van der Waals surface area contributed by atoms with E-state index in [2.05, 4.69) is 20.9 Å². The van der Waals surface area contributed by atoms with Crippen LogP contribution in [0.15, 0.2) is 53.3 Å². The molecule has 1 aromatic carbocycles. The fourth-order valence-corrected chi connectivity index (χ4v) is 5.21. The lowest BCUT2D eigenvalue weighted by Crippen LogP contribution is -2.35. The fourth-order valence-electron chi connectivity index (χ4n) is 4.42. The number of fused-ring (bicyclic) bond motifs is 4. The van der Waals surface area contributed by atoms with Crippen molar-refractivity contribution >= 4 is 46.4 Å². The van der Waals surface area contributed by atoms with Crippen molar-refractivity contribution in [3.05, 3.63) is 54.1 Å². The van der Waals surface area contributed by atoms with E-state index in [9.17, 15) is 9.59 Å². The number of amides is 2. The van der Waals surface area contributed by atoms with Crippen LogP contribution in [0.5, 0.6) is 5.88 Å². The summed E-state index contributed by atoms with van der Waals surface area (Å²) in [6.45, 7) is 1.46. The zero-order valence-electron chi connectivity index (χ0n) is 18.9. The van der Waals surface area contributed by atoms with Gasteiger partial charge in [0.05, 0.1) is 30.8 Å². The number of benzene rings is 1. The van der Waals surface area contributed by atoms with Gasteiger partial charge in [0.2, 0.25) is 11.8 Å². The SMILES string of the molecule is COc1ccc2c(n1)C1=CC(CNC[C@@H]3CN(c4ccc5c(c4)NC(=O)CS5)C(=O)O3)OC1=CN2. The quantitative estimate of drug-likeness (QED) is 0.559. The van der Waals surface area contributed by atoms with Crippen molar-refractivity contribution < 1.29 is 23.8 Å². The summed E-state index contributed by atoms with van der Waals surface area (Å²) >= 11 is 1.49. The van der Waals surface area contributed by atoms with Gasteiger partial charge in [-0.2, -0.15) is 0 Å². The summed E-state index contributed by atoms with van der Waals surface area (Å²) in [6, 6.07) is 9.36. The Morgan fingerprint density at radius 3 is 3.00 bits per heavy atom. The van der Waals surface area contributed by atoms with Crippen molar-refractivity contribution in [1.29, 1.82) is 0 Å². The molecule has 11 heteroatoms. The van der Waals surface area contributed by atoms with Crippen molar-refractivity contribution in [2.45, 2.75) is 17.1 Å². The minimum atomic E-state index is -0.398. The minimum absolute atomic E-state index is 0.0420. The first-order valence-electron chi connectivity index (χ1n) is 11.2. The number of carbonyl (C=O) groups excluding carboxylic acids is 2. The van der Waals surface area contributed by atoms with Gasteiger partial charge in [-0.25, -0.2) is 9.78 Å². The Balaban J connectivity index is 1.06. The third kappa shape index (κ3) is 4.17. The fraction of sp³-hybridized carbons (Fsp3) is 0.292. The van der Waals surface area contributed by atoms with Gasteiger partial charge in [-0.3, -0.25) is 9.69 Å².